The van der Waals surface area contributed by atoms with Gasteiger partial charge in [0.25, 0.3) is 0 Å². The topological polar surface area (TPSA) is 43.8 Å². The van der Waals surface area contributed by atoms with Crippen LogP contribution in [-0.4, -0.2) is 15.6 Å². The average molecular weight is 271 g/mol. The number of thiazole rings is 1. The third-order valence-corrected chi connectivity index (χ3v) is 3.95. The Hall–Kier alpha value is -1.65. The average Bonchev–Trinajstić information content (AvgIpc) is 3.00. The van der Waals surface area contributed by atoms with Crippen LogP contribution in [0.5, 0.6) is 0 Å². The fourth-order valence-corrected chi connectivity index (χ4v) is 2.96. The highest BCUT2D eigenvalue weighted by molar-refractivity contribution is 7.09. The predicted octanol–water partition coefficient (Wildman–Crippen LogP) is 3.04. The normalized spacial score (nSPS) is 12.9. The summed E-state index contributed by atoms with van der Waals surface area (Å²) in [7, 11) is 0. The lowest BCUT2D eigenvalue weighted by Gasteiger charge is -2.07. The van der Waals surface area contributed by atoms with E-state index in [2.05, 4.69) is 40.0 Å². The van der Waals surface area contributed by atoms with Crippen molar-refractivity contribution in [3.05, 3.63) is 52.6 Å². The van der Waals surface area contributed by atoms with E-state index >= 15 is 0 Å². The molecule has 0 saturated heterocycles. The molecule has 1 aromatic carbocycles. The molecule has 98 valence electrons. The summed E-state index contributed by atoms with van der Waals surface area (Å²) in [6.07, 6.45) is 4.90. The minimum absolute atomic E-state index is 0.194. The summed E-state index contributed by atoms with van der Waals surface area (Å²) < 4.78 is 2.25. The number of rotatable bonds is 4. The monoisotopic (exact) mass is 271 g/mol. The SMILES string of the molecule is CC(N)Cc1ccc2ccn(Cc3nccs3)c2c1. The van der Waals surface area contributed by atoms with Crippen molar-refractivity contribution in [2.45, 2.75) is 25.9 Å². The van der Waals surface area contributed by atoms with Gasteiger partial charge < -0.3 is 10.3 Å². The molecule has 1 unspecified atom stereocenters. The molecule has 0 aliphatic rings. The van der Waals surface area contributed by atoms with E-state index in [9.17, 15) is 0 Å². The Bertz CT molecular complexity index is 668. The first kappa shape index (κ1) is 12.4. The maximum absolute atomic E-state index is 5.88. The Morgan fingerprint density at radius 3 is 3.00 bits per heavy atom. The van der Waals surface area contributed by atoms with Crippen LogP contribution < -0.4 is 5.73 Å². The molecule has 3 rings (SSSR count). The van der Waals surface area contributed by atoms with E-state index in [4.69, 9.17) is 5.73 Å². The van der Waals surface area contributed by atoms with Crippen molar-refractivity contribution < 1.29 is 0 Å². The highest BCUT2D eigenvalue weighted by Gasteiger charge is 2.05. The predicted molar refractivity (Wildman–Crippen MR) is 80.5 cm³/mol. The number of fused-ring (bicyclic) bond motifs is 1. The Labute approximate surface area is 116 Å². The number of nitrogens with zero attached hydrogens (tertiary/aromatic N) is 2. The molecule has 1 atom stereocenters. The van der Waals surface area contributed by atoms with E-state index in [1.165, 1.54) is 16.5 Å². The van der Waals surface area contributed by atoms with Gasteiger partial charge in [0.05, 0.1) is 6.54 Å². The zero-order chi connectivity index (χ0) is 13.2. The fourth-order valence-electron chi connectivity index (χ4n) is 2.34. The quantitative estimate of drug-likeness (QED) is 0.792. The minimum Gasteiger partial charge on any atom is -0.341 e. The molecule has 2 aromatic heterocycles. The van der Waals surface area contributed by atoms with Crippen LogP contribution in [0.2, 0.25) is 0 Å². The lowest BCUT2D eigenvalue weighted by atomic mass is 10.1. The van der Waals surface area contributed by atoms with Gasteiger partial charge in [0, 0.05) is 29.3 Å². The van der Waals surface area contributed by atoms with Gasteiger partial charge >= 0.3 is 0 Å². The van der Waals surface area contributed by atoms with Gasteiger partial charge in [-0.3, -0.25) is 0 Å². The first-order valence-corrected chi connectivity index (χ1v) is 7.32. The molecule has 0 aliphatic carbocycles. The minimum atomic E-state index is 0.194. The standard InChI is InChI=1S/C15H17N3S/c1-11(16)8-12-2-3-13-4-6-18(14(13)9-12)10-15-17-5-7-19-15/h2-7,9,11H,8,10,16H2,1H3. The number of aromatic nitrogens is 2. The van der Waals surface area contributed by atoms with Crippen LogP contribution in [0.15, 0.2) is 42.0 Å². The molecule has 3 nitrogen and oxygen atoms in total. The number of nitrogens with two attached hydrogens (primary N) is 1. The molecule has 2 heterocycles. The van der Waals surface area contributed by atoms with Crippen molar-refractivity contribution in [2.24, 2.45) is 5.73 Å². The van der Waals surface area contributed by atoms with Crippen molar-refractivity contribution in [1.82, 2.24) is 9.55 Å². The van der Waals surface area contributed by atoms with E-state index in [1.54, 1.807) is 11.3 Å². The molecule has 3 aromatic rings. The van der Waals surface area contributed by atoms with Gasteiger partial charge in [-0.05, 0) is 36.4 Å². The maximum Gasteiger partial charge on any atom is 0.112 e. The lowest BCUT2D eigenvalue weighted by Crippen LogP contribution is -2.17. The first-order valence-electron chi connectivity index (χ1n) is 6.44. The Kier molecular flexibility index (Phi) is 3.36. The van der Waals surface area contributed by atoms with Crippen LogP contribution in [0.1, 0.15) is 17.5 Å². The Morgan fingerprint density at radius 2 is 2.26 bits per heavy atom. The third kappa shape index (κ3) is 2.69. The van der Waals surface area contributed by atoms with Crippen molar-refractivity contribution in [2.75, 3.05) is 0 Å². The highest BCUT2D eigenvalue weighted by Crippen LogP contribution is 2.20. The summed E-state index contributed by atoms with van der Waals surface area (Å²) in [5.41, 5.74) is 8.43. The van der Waals surface area contributed by atoms with E-state index in [-0.39, 0.29) is 6.04 Å². The van der Waals surface area contributed by atoms with Gasteiger partial charge in [-0.2, -0.15) is 0 Å². The third-order valence-electron chi connectivity index (χ3n) is 3.19. The maximum atomic E-state index is 5.88. The molecule has 19 heavy (non-hydrogen) atoms. The van der Waals surface area contributed by atoms with Crippen LogP contribution in [0.4, 0.5) is 0 Å². The smallest absolute Gasteiger partial charge is 0.112 e. The molecule has 4 heteroatoms. The van der Waals surface area contributed by atoms with Crippen molar-refractivity contribution in [3.8, 4) is 0 Å². The first-order chi connectivity index (χ1) is 9.22. The molecule has 0 amide bonds. The van der Waals surface area contributed by atoms with Gasteiger partial charge in [0.15, 0.2) is 0 Å². The largest absolute Gasteiger partial charge is 0.341 e. The molecule has 0 saturated carbocycles. The van der Waals surface area contributed by atoms with Gasteiger partial charge in [-0.1, -0.05) is 12.1 Å². The van der Waals surface area contributed by atoms with E-state index in [0.29, 0.717) is 0 Å². The van der Waals surface area contributed by atoms with Crippen LogP contribution in [0, 0.1) is 0 Å². The molecule has 0 fully saturated rings. The lowest BCUT2D eigenvalue weighted by molar-refractivity contribution is 0.738. The van der Waals surface area contributed by atoms with Gasteiger partial charge in [0.1, 0.15) is 5.01 Å². The second-order valence-corrected chi connectivity index (χ2v) is 5.92. The van der Waals surface area contributed by atoms with Crippen LogP contribution >= 0.6 is 11.3 Å². The number of benzene rings is 1. The molecule has 2 N–H and O–H groups in total. The van der Waals surface area contributed by atoms with E-state index in [0.717, 1.165) is 18.0 Å². The second kappa shape index (κ2) is 5.15. The summed E-state index contributed by atoms with van der Waals surface area (Å²) in [6.45, 7) is 2.88. The van der Waals surface area contributed by atoms with Gasteiger partial charge in [0.2, 0.25) is 0 Å². The molecule has 0 bridgehead atoms. The number of hydrogen-bond acceptors (Lipinski definition) is 3. The summed E-state index contributed by atoms with van der Waals surface area (Å²) in [5.74, 6) is 0. The van der Waals surface area contributed by atoms with Gasteiger partial charge in [-0.25, -0.2) is 4.98 Å². The summed E-state index contributed by atoms with van der Waals surface area (Å²) >= 11 is 1.69. The molecular formula is C15H17N3S. The molecule has 0 aliphatic heterocycles. The zero-order valence-corrected chi connectivity index (χ0v) is 11.7. The summed E-state index contributed by atoms with van der Waals surface area (Å²) in [6, 6.07) is 8.93. The van der Waals surface area contributed by atoms with Crippen LogP contribution in [0.3, 0.4) is 0 Å². The van der Waals surface area contributed by atoms with E-state index in [1.807, 2.05) is 18.5 Å². The van der Waals surface area contributed by atoms with E-state index < -0.39 is 0 Å². The van der Waals surface area contributed by atoms with Crippen molar-refractivity contribution in [1.29, 1.82) is 0 Å². The Morgan fingerprint density at radius 1 is 1.37 bits per heavy atom. The summed E-state index contributed by atoms with van der Waals surface area (Å²) in [5, 5.41) is 4.42. The van der Waals surface area contributed by atoms with Crippen LogP contribution in [-0.2, 0) is 13.0 Å². The molecule has 0 radical (unpaired) electrons. The van der Waals surface area contributed by atoms with Gasteiger partial charge in [-0.15, -0.1) is 11.3 Å². The number of hydrogen-bond donors (Lipinski definition) is 1. The van der Waals surface area contributed by atoms with Crippen molar-refractivity contribution in [3.63, 3.8) is 0 Å². The summed E-state index contributed by atoms with van der Waals surface area (Å²) in [4.78, 5) is 4.35. The highest BCUT2D eigenvalue weighted by atomic mass is 32.1. The zero-order valence-electron chi connectivity index (χ0n) is 10.9. The Balaban J connectivity index is 1.95. The second-order valence-electron chi connectivity index (χ2n) is 4.94. The fraction of sp³-hybridized carbons (Fsp3) is 0.267. The molecular weight excluding hydrogens is 254 g/mol. The molecule has 0 spiro atoms. The van der Waals surface area contributed by atoms with Crippen molar-refractivity contribution >= 4 is 22.2 Å². The van der Waals surface area contributed by atoms with Crippen LogP contribution in [0.25, 0.3) is 10.9 Å².